The highest BCUT2D eigenvalue weighted by Crippen LogP contribution is 2.15. The van der Waals surface area contributed by atoms with Gasteiger partial charge in [0.2, 0.25) is 0 Å². The van der Waals surface area contributed by atoms with Crippen molar-refractivity contribution >= 4 is 0 Å². The van der Waals surface area contributed by atoms with Crippen molar-refractivity contribution in [2.45, 2.75) is 44.8 Å². The summed E-state index contributed by atoms with van der Waals surface area (Å²) in [5.41, 5.74) is 6.00. The summed E-state index contributed by atoms with van der Waals surface area (Å²) < 4.78 is 5.36. The maximum absolute atomic E-state index is 6.00. The number of nitrogens with zero attached hydrogens (tertiary/aromatic N) is 1. The van der Waals surface area contributed by atoms with Gasteiger partial charge in [-0.3, -0.25) is 4.90 Å². The molecule has 0 saturated carbocycles. The Labute approximate surface area is 81.2 Å². The molecule has 13 heavy (non-hydrogen) atoms. The van der Waals surface area contributed by atoms with E-state index in [4.69, 9.17) is 10.5 Å². The molecule has 0 aromatic carbocycles. The van der Waals surface area contributed by atoms with Crippen LogP contribution in [0.4, 0.5) is 0 Å². The lowest BCUT2D eigenvalue weighted by Gasteiger charge is -2.33. The fraction of sp³-hybridized carbons (Fsp3) is 1.00. The first-order chi connectivity index (χ1) is 6.16. The summed E-state index contributed by atoms with van der Waals surface area (Å²) in [6.45, 7) is 6.12. The third-order valence-electron chi connectivity index (χ3n) is 3.22. The zero-order chi connectivity index (χ0) is 9.84. The lowest BCUT2D eigenvalue weighted by atomic mass is 10.1. The Balaban J connectivity index is 2.40. The van der Waals surface area contributed by atoms with Crippen LogP contribution in [0.2, 0.25) is 0 Å². The predicted molar refractivity (Wildman–Crippen MR) is 54.7 cm³/mol. The summed E-state index contributed by atoms with van der Waals surface area (Å²) in [5, 5.41) is 0. The Kier molecular flexibility index (Phi) is 4.16. The monoisotopic (exact) mass is 186 g/mol. The van der Waals surface area contributed by atoms with E-state index in [-0.39, 0.29) is 6.04 Å². The molecule has 0 radical (unpaired) electrons. The van der Waals surface area contributed by atoms with Crippen molar-refractivity contribution in [1.29, 1.82) is 0 Å². The highest BCUT2D eigenvalue weighted by Gasteiger charge is 2.26. The zero-order valence-electron chi connectivity index (χ0n) is 8.99. The van der Waals surface area contributed by atoms with Crippen molar-refractivity contribution in [3.8, 4) is 0 Å². The van der Waals surface area contributed by atoms with E-state index < -0.39 is 0 Å². The summed E-state index contributed by atoms with van der Waals surface area (Å²) in [6.07, 6.45) is 2.19. The number of hydrogen-bond acceptors (Lipinski definition) is 3. The molecule has 2 N–H and O–H groups in total. The van der Waals surface area contributed by atoms with Gasteiger partial charge in [0, 0.05) is 24.7 Å². The maximum Gasteiger partial charge on any atom is 0.0622 e. The van der Waals surface area contributed by atoms with E-state index >= 15 is 0 Å². The van der Waals surface area contributed by atoms with Gasteiger partial charge in [-0.1, -0.05) is 6.92 Å². The van der Waals surface area contributed by atoms with Gasteiger partial charge < -0.3 is 10.5 Å². The Morgan fingerprint density at radius 3 is 2.77 bits per heavy atom. The van der Waals surface area contributed by atoms with Crippen molar-refractivity contribution in [3.63, 3.8) is 0 Å². The standard InChI is InChI=1S/C10H22N2O/c1-4-10(11)8(2)12(3)9-5-6-13-7-9/h8-10H,4-7,11H2,1-3H3. The molecule has 1 rings (SSSR count). The number of nitrogens with two attached hydrogens (primary N) is 1. The smallest absolute Gasteiger partial charge is 0.0622 e. The van der Waals surface area contributed by atoms with Crippen LogP contribution in [-0.4, -0.2) is 43.3 Å². The molecule has 78 valence electrons. The largest absolute Gasteiger partial charge is 0.380 e. The zero-order valence-corrected chi connectivity index (χ0v) is 8.99. The summed E-state index contributed by atoms with van der Waals surface area (Å²) in [6, 6.07) is 1.31. The predicted octanol–water partition coefficient (Wildman–Crippen LogP) is 0.833. The third kappa shape index (κ3) is 2.66. The minimum atomic E-state index is 0.283. The summed E-state index contributed by atoms with van der Waals surface area (Å²) in [4.78, 5) is 2.36. The molecule has 0 bridgehead atoms. The normalized spacial score (nSPS) is 27.9. The quantitative estimate of drug-likeness (QED) is 0.707. The third-order valence-corrected chi connectivity index (χ3v) is 3.22. The van der Waals surface area contributed by atoms with E-state index in [1.165, 1.54) is 0 Å². The van der Waals surface area contributed by atoms with Gasteiger partial charge in [0.15, 0.2) is 0 Å². The van der Waals surface area contributed by atoms with Crippen LogP contribution in [0, 0.1) is 0 Å². The second-order valence-electron chi connectivity index (χ2n) is 4.00. The molecule has 0 aromatic rings. The highest BCUT2D eigenvalue weighted by atomic mass is 16.5. The Morgan fingerprint density at radius 2 is 2.31 bits per heavy atom. The summed E-state index contributed by atoms with van der Waals surface area (Å²) in [5.74, 6) is 0. The van der Waals surface area contributed by atoms with Crippen LogP contribution >= 0.6 is 0 Å². The fourth-order valence-corrected chi connectivity index (χ4v) is 1.82. The van der Waals surface area contributed by atoms with E-state index in [9.17, 15) is 0 Å². The minimum Gasteiger partial charge on any atom is -0.380 e. The molecule has 1 fully saturated rings. The number of likely N-dealkylation sites (N-methyl/N-ethyl adjacent to an activating group) is 1. The second-order valence-corrected chi connectivity index (χ2v) is 4.00. The van der Waals surface area contributed by atoms with E-state index in [1.54, 1.807) is 0 Å². The van der Waals surface area contributed by atoms with Gasteiger partial charge in [0.25, 0.3) is 0 Å². The van der Waals surface area contributed by atoms with Gasteiger partial charge in [-0.15, -0.1) is 0 Å². The minimum absolute atomic E-state index is 0.283. The lowest BCUT2D eigenvalue weighted by molar-refractivity contribution is 0.126. The molecule has 0 aromatic heterocycles. The molecule has 1 aliphatic heterocycles. The van der Waals surface area contributed by atoms with Crippen LogP contribution in [0.25, 0.3) is 0 Å². The first-order valence-corrected chi connectivity index (χ1v) is 5.22. The van der Waals surface area contributed by atoms with Crippen LogP contribution < -0.4 is 5.73 Å². The molecule has 1 saturated heterocycles. The topological polar surface area (TPSA) is 38.5 Å². The van der Waals surface area contributed by atoms with Gasteiger partial charge in [-0.05, 0) is 26.8 Å². The molecular formula is C10H22N2O. The maximum atomic E-state index is 6.00. The SMILES string of the molecule is CCC(N)C(C)N(C)C1CCOC1. The molecule has 3 atom stereocenters. The summed E-state index contributed by atoms with van der Waals surface area (Å²) >= 11 is 0. The molecule has 0 amide bonds. The molecule has 3 nitrogen and oxygen atoms in total. The van der Waals surface area contributed by atoms with Crippen molar-refractivity contribution in [3.05, 3.63) is 0 Å². The Morgan fingerprint density at radius 1 is 1.62 bits per heavy atom. The van der Waals surface area contributed by atoms with Crippen LogP contribution in [0.3, 0.4) is 0 Å². The summed E-state index contributed by atoms with van der Waals surface area (Å²) in [7, 11) is 2.15. The lowest BCUT2D eigenvalue weighted by Crippen LogP contribution is -2.48. The van der Waals surface area contributed by atoms with Gasteiger partial charge in [-0.2, -0.15) is 0 Å². The molecule has 1 aliphatic rings. The first-order valence-electron chi connectivity index (χ1n) is 5.22. The number of ether oxygens (including phenoxy) is 1. The van der Waals surface area contributed by atoms with Crippen LogP contribution in [0.15, 0.2) is 0 Å². The molecule has 3 unspecified atom stereocenters. The molecular weight excluding hydrogens is 164 g/mol. The van der Waals surface area contributed by atoms with Crippen LogP contribution in [-0.2, 0) is 4.74 Å². The van der Waals surface area contributed by atoms with Crippen LogP contribution in [0.5, 0.6) is 0 Å². The van der Waals surface area contributed by atoms with Crippen LogP contribution in [0.1, 0.15) is 26.7 Å². The van der Waals surface area contributed by atoms with Crippen molar-refractivity contribution in [2.75, 3.05) is 20.3 Å². The van der Waals surface area contributed by atoms with Crippen molar-refractivity contribution < 1.29 is 4.74 Å². The van der Waals surface area contributed by atoms with E-state index in [0.717, 1.165) is 26.1 Å². The number of rotatable bonds is 4. The second kappa shape index (κ2) is 4.94. The Bertz CT molecular complexity index is 146. The average Bonchev–Trinajstić information content (AvgIpc) is 2.67. The van der Waals surface area contributed by atoms with Crippen molar-refractivity contribution in [2.24, 2.45) is 5.73 Å². The van der Waals surface area contributed by atoms with Gasteiger partial charge in [0.05, 0.1) is 6.61 Å². The van der Waals surface area contributed by atoms with E-state index in [2.05, 4.69) is 25.8 Å². The number of hydrogen-bond donors (Lipinski definition) is 1. The van der Waals surface area contributed by atoms with E-state index in [0.29, 0.717) is 12.1 Å². The molecule has 3 heteroatoms. The molecule has 0 spiro atoms. The van der Waals surface area contributed by atoms with E-state index in [1.807, 2.05) is 0 Å². The molecule has 0 aliphatic carbocycles. The fourth-order valence-electron chi connectivity index (χ4n) is 1.82. The van der Waals surface area contributed by atoms with Gasteiger partial charge in [0.1, 0.15) is 0 Å². The first kappa shape index (κ1) is 11.0. The van der Waals surface area contributed by atoms with Gasteiger partial charge in [-0.25, -0.2) is 0 Å². The van der Waals surface area contributed by atoms with Gasteiger partial charge >= 0.3 is 0 Å². The van der Waals surface area contributed by atoms with Crippen molar-refractivity contribution in [1.82, 2.24) is 4.90 Å². The molecule has 1 heterocycles. The average molecular weight is 186 g/mol. The highest BCUT2D eigenvalue weighted by molar-refractivity contribution is 4.82. The Hall–Kier alpha value is -0.120.